The van der Waals surface area contributed by atoms with Crippen molar-refractivity contribution in [3.05, 3.63) is 77.1 Å². The SMILES string of the molecule is C=C(O/N=C(\C)c1ccc(C(=O)OC)cc1)c1cc2c(C)ccc(C)c2o1.CC. The molecule has 0 N–H and O–H groups in total. The van der Waals surface area contributed by atoms with Gasteiger partial charge in [-0.1, -0.05) is 43.3 Å². The number of ether oxygens (including phenoxy) is 1. The lowest BCUT2D eigenvalue weighted by Gasteiger charge is -2.04. The van der Waals surface area contributed by atoms with Crippen LogP contribution in [-0.4, -0.2) is 18.8 Å². The number of carbonyl (C=O) groups is 1. The van der Waals surface area contributed by atoms with Crippen molar-refractivity contribution in [3.63, 3.8) is 0 Å². The molecule has 0 saturated carbocycles. The summed E-state index contributed by atoms with van der Waals surface area (Å²) in [6.07, 6.45) is 0. The second-order valence-electron chi connectivity index (χ2n) is 6.31. The molecule has 3 aromatic rings. The quantitative estimate of drug-likeness (QED) is 0.222. The Labute approximate surface area is 171 Å². The van der Waals surface area contributed by atoms with Crippen LogP contribution in [0, 0.1) is 13.8 Å². The Morgan fingerprint density at radius 1 is 1.00 bits per heavy atom. The number of hydrogen-bond acceptors (Lipinski definition) is 5. The number of hydrogen-bond donors (Lipinski definition) is 0. The van der Waals surface area contributed by atoms with Gasteiger partial charge >= 0.3 is 5.97 Å². The highest BCUT2D eigenvalue weighted by molar-refractivity contribution is 5.99. The van der Waals surface area contributed by atoms with Crippen molar-refractivity contribution in [1.82, 2.24) is 0 Å². The zero-order valence-corrected chi connectivity index (χ0v) is 17.8. The van der Waals surface area contributed by atoms with E-state index in [4.69, 9.17) is 14.0 Å². The van der Waals surface area contributed by atoms with Gasteiger partial charge in [-0.2, -0.15) is 0 Å². The van der Waals surface area contributed by atoms with Crippen LogP contribution in [0.15, 0.2) is 58.6 Å². The molecule has 0 amide bonds. The number of esters is 1. The fourth-order valence-electron chi connectivity index (χ4n) is 2.72. The van der Waals surface area contributed by atoms with E-state index >= 15 is 0 Å². The Kier molecular flexibility index (Phi) is 7.37. The molecule has 2 aromatic carbocycles. The van der Waals surface area contributed by atoms with Crippen LogP contribution >= 0.6 is 0 Å². The number of furan rings is 1. The van der Waals surface area contributed by atoms with Gasteiger partial charge < -0.3 is 14.0 Å². The van der Waals surface area contributed by atoms with Crippen molar-refractivity contribution in [3.8, 4) is 0 Å². The highest BCUT2D eigenvalue weighted by atomic mass is 16.6. The predicted molar refractivity (Wildman–Crippen MR) is 117 cm³/mol. The summed E-state index contributed by atoms with van der Waals surface area (Å²) in [6.45, 7) is 13.8. The van der Waals surface area contributed by atoms with Crippen molar-refractivity contribution >= 4 is 28.4 Å². The van der Waals surface area contributed by atoms with Crippen LogP contribution in [0.2, 0.25) is 0 Å². The molecule has 0 atom stereocenters. The van der Waals surface area contributed by atoms with E-state index in [1.54, 1.807) is 24.3 Å². The smallest absolute Gasteiger partial charge is 0.337 e. The molecule has 0 radical (unpaired) electrons. The first kappa shape index (κ1) is 22.0. The third-order valence-electron chi connectivity index (χ3n) is 4.39. The molecule has 0 fully saturated rings. The molecule has 0 aliphatic rings. The van der Waals surface area contributed by atoms with Gasteiger partial charge in [0.2, 0.25) is 0 Å². The molecule has 5 heteroatoms. The van der Waals surface area contributed by atoms with Gasteiger partial charge in [0.1, 0.15) is 5.58 Å². The molecule has 0 saturated heterocycles. The summed E-state index contributed by atoms with van der Waals surface area (Å²) in [5.41, 5.74) is 4.97. The van der Waals surface area contributed by atoms with E-state index in [1.165, 1.54) is 7.11 Å². The van der Waals surface area contributed by atoms with Gasteiger partial charge in [0.05, 0.1) is 18.4 Å². The van der Waals surface area contributed by atoms with Gasteiger partial charge in [-0.25, -0.2) is 4.79 Å². The first-order valence-corrected chi connectivity index (χ1v) is 9.50. The van der Waals surface area contributed by atoms with Gasteiger partial charge in [-0.15, -0.1) is 0 Å². The van der Waals surface area contributed by atoms with E-state index in [0.717, 1.165) is 27.7 Å². The fourth-order valence-corrected chi connectivity index (χ4v) is 2.72. The monoisotopic (exact) mass is 393 g/mol. The lowest BCUT2D eigenvalue weighted by molar-refractivity contribution is 0.0600. The summed E-state index contributed by atoms with van der Waals surface area (Å²) in [4.78, 5) is 16.9. The molecule has 1 heterocycles. The molecule has 0 aliphatic heterocycles. The normalized spacial score (nSPS) is 10.9. The van der Waals surface area contributed by atoms with Crippen LogP contribution < -0.4 is 0 Å². The largest absolute Gasteiger partial charge is 0.465 e. The second kappa shape index (κ2) is 9.73. The standard InChI is InChI=1S/C22H21NO4.C2H6/c1-13-6-7-14(2)21-19(13)12-20(26-21)16(4)27-23-15(3)17-8-10-18(11-9-17)22(24)25-5;1-2/h6-12H,4H2,1-3,5H3;1-2H3/b23-15+;. The van der Waals surface area contributed by atoms with Crippen LogP contribution in [-0.2, 0) is 9.57 Å². The summed E-state index contributed by atoms with van der Waals surface area (Å²) in [6, 6.07) is 12.9. The first-order chi connectivity index (χ1) is 13.9. The Bertz CT molecular complexity index is 1000. The maximum atomic E-state index is 11.5. The maximum absolute atomic E-state index is 11.5. The number of carbonyl (C=O) groups excluding carboxylic acids is 1. The number of rotatable bonds is 5. The number of aryl methyl sites for hydroxylation is 2. The van der Waals surface area contributed by atoms with Crippen molar-refractivity contribution in [2.45, 2.75) is 34.6 Å². The van der Waals surface area contributed by atoms with Gasteiger partial charge in [0, 0.05) is 5.39 Å². The van der Waals surface area contributed by atoms with Crippen LogP contribution in [0.3, 0.4) is 0 Å². The van der Waals surface area contributed by atoms with Crippen molar-refractivity contribution in [1.29, 1.82) is 0 Å². The Balaban J connectivity index is 0.00000145. The molecule has 1 aromatic heterocycles. The van der Waals surface area contributed by atoms with E-state index in [-0.39, 0.29) is 5.97 Å². The Hall–Kier alpha value is -3.34. The van der Waals surface area contributed by atoms with E-state index < -0.39 is 0 Å². The van der Waals surface area contributed by atoms with E-state index in [0.29, 0.717) is 22.8 Å². The minimum Gasteiger partial charge on any atom is -0.465 e. The number of methoxy groups -OCH3 is 1. The van der Waals surface area contributed by atoms with Crippen molar-refractivity contribution in [2.24, 2.45) is 5.16 Å². The summed E-state index contributed by atoms with van der Waals surface area (Å²) < 4.78 is 10.6. The second-order valence-corrected chi connectivity index (χ2v) is 6.31. The number of oxime groups is 1. The summed E-state index contributed by atoms with van der Waals surface area (Å²) in [5, 5.41) is 5.16. The Morgan fingerprint density at radius 2 is 1.59 bits per heavy atom. The third kappa shape index (κ3) is 4.93. The zero-order valence-electron chi connectivity index (χ0n) is 17.8. The molecule has 3 rings (SSSR count). The van der Waals surface area contributed by atoms with Gasteiger partial charge in [-0.05, 0) is 62.2 Å². The molecule has 0 bridgehead atoms. The molecule has 0 unspecified atom stereocenters. The minimum atomic E-state index is -0.378. The first-order valence-electron chi connectivity index (χ1n) is 9.50. The molecular formula is C24H27NO4. The van der Waals surface area contributed by atoms with Gasteiger partial charge in [0.15, 0.2) is 11.5 Å². The van der Waals surface area contributed by atoms with Crippen LogP contribution in [0.1, 0.15) is 53.6 Å². The van der Waals surface area contributed by atoms with Crippen LogP contribution in [0.5, 0.6) is 0 Å². The molecular weight excluding hydrogens is 366 g/mol. The maximum Gasteiger partial charge on any atom is 0.337 e. The lowest BCUT2D eigenvalue weighted by Crippen LogP contribution is -2.02. The highest BCUT2D eigenvalue weighted by Crippen LogP contribution is 2.29. The molecule has 0 aliphatic carbocycles. The van der Waals surface area contributed by atoms with Gasteiger partial charge in [-0.3, -0.25) is 0 Å². The summed E-state index contributed by atoms with van der Waals surface area (Å²) in [5.74, 6) is 0.492. The van der Waals surface area contributed by atoms with Gasteiger partial charge in [0.25, 0.3) is 0 Å². The van der Waals surface area contributed by atoms with Crippen LogP contribution in [0.25, 0.3) is 16.7 Å². The third-order valence-corrected chi connectivity index (χ3v) is 4.39. The topological polar surface area (TPSA) is 61.0 Å². The van der Waals surface area contributed by atoms with Crippen molar-refractivity contribution < 1.29 is 18.8 Å². The van der Waals surface area contributed by atoms with E-state index in [2.05, 4.69) is 17.8 Å². The summed E-state index contributed by atoms with van der Waals surface area (Å²) >= 11 is 0. The molecule has 29 heavy (non-hydrogen) atoms. The number of nitrogens with zero attached hydrogens (tertiary/aromatic N) is 1. The molecule has 5 nitrogen and oxygen atoms in total. The van der Waals surface area contributed by atoms with E-state index in [9.17, 15) is 4.79 Å². The average Bonchev–Trinajstić information content (AvgIpc) is 3.22. The minimum absolute atomic E-state index is 0.329. The Morgan fingerprint density at radius 3 is 2.17 bits per heavy atom. The summed E-state index contributed by atoms with van der Waals surface area (Å²) in [7, 11) is 1.35. The van der Waals surface area contributed by atoms with Crippen molar-refractivity contribution in [2.75, 3.05) is 7.11 Å². The zero-order chi connectivity index (χ0) is 21.6. The number of benzene rings is 2. The highest BCUT2D eigenvalue weighted by Gasteiger charge is 2.12. The van der Waals surface area contributed by atoms with Crippen LogP contribution in [0.4, 0.5) is 0 Å². The number of fused-ring (bicyclic) bond motifs is 1. The lowest BCUT2D eigenvalue weighted by atomic mass is 10.1. The molecule has 152 valence electrons. The fraction of sp³-hybridized carbons (Fsp3) is 0.250. The van der Waals surface area contributed by atoms with E-state index in [1.807, 2.05) is 46.8 Å². The predicted octanol–water partition coefficient (Wildman–Crippen LogP) is 6.27. The molecule has 0 spiro atoms. The average molecular weight is 393 g/mol.